The number of rotatable bonds is 9. The zero-order valence-corrected chi connectivity index (χ0v) is 16.1. The third-order valence-electron chi connectivity index (χ3n) is 3.83. The molecule has 2 aromatic rings. The highest BCUT2D eigenvalue weighted by Gasteiger charge is 2.14. The van der Waals surface area contributed by atoms with Gasteiger partial charge in [-0.25, -0.2) is 0 Å². The van der Waals surface area contributed by atoms with Crippen LogP contribution in [0.3, 0.4) is 0 Å². The maximum absolute atomic E-state index is 12.3. The first-order valence-electron chi connectivity index (χ1n) is 8.27. The number of benzene rings is 2. The quantitative estimate of drug-likeness (QED) is 0.670. The number of para-hydroxylation sites is 2. The van der Waals surface area contributed by atoms with Crippen LogP contribution in [-0.2, 0) is 4.79 Å². The number of ether oxygens (including phenoxy) is 2. The number of carbonyl (C=O) groups excluding carboxylic acids is 1. The molecule has 0 aliphatic carbocycles. The number of halogens is 1. The van der Waals surface area contributed by atoms with Crippen molar-refractivity contribution in [1.82, 2.24) is 0 Å². The van der Waals surface area contributed by atoms with Gasteiger partial charge in [0.05, 0.1) is 19.3 Å². The predicted molar refractivity (Wildman–Crippen MR) is 102 cm³/mol. The maximum Gasteiger partial charge on any atom is 0.279 e. The summed E-state index contributed by atoms with van der Waals surface area (Å²) in [5.41, 5.74) is 0.691. The van der Waals surface area contributed by atoms with Crippen LogP contribution in [-0.4, -0.2) is 39.3 Å². The SMILES string of the molecule is CC[NH+](CCOc1ccc(Br)cc1)CC(=O)Nc1ccccc1OC. The third kappa shape index (κ3) is 6.40. The summed E-state index contributed by atoms with van der Waals surface area (Å²) >= 11 is 3.40. The van der Waals surface area contributed by atoms with Crippen LogP contribution < -0.4 is 19.7 Å². The molecule has 1 atom stereocenters. The van der Waals surface area contributed by atoms with Crippen molar-refractivity contribution in [3.63, 3.8) is 0 Å². The Kier molecular flexibility index (Phi) is 7.76. The van der Waals surface area contributed by atoms with Crippen molar-refractivity contribution in [2.24, 2.45) is 0 Å². The van der Waals surface area contributed by atoms with E-state index in [0.717, 1.165) is 28.2 Å². The van der Waals surface area contributed by atoms with Crippen molar-refractivity contribution in [2.75, 3.05) is 38.7 Å². The maximum atomic E-state index is 12.3. The van der Waals surface area contributed by atoms with E-state index in [2.05, 4.69) is 28.2 Å². The van der Waals surface area contributed by atoms with Crippen LogP contribution in [0.5, 0.6) is 11.5 Å². The molecule has 25 heavy (non-hydrogen) atoms. The summed E-state index contributed by atoms with van der Waals surface area (Å²) in [5, 5.41) is 2.91. The van der Waals surface area contributed by atoms with E-state index in [1.807, 2.05) is 48.5 Å². The molecule has 0 fully saturated rings. The Morgan fingerprint density at radius 1 is 1.16 bits per heavy atom. The van der Waals surface area contributed by atoms with Gasteiger partial charge in [0.25, 0.3) is 5.91 Å². The van der Waals surface area contributed by atoms with Crippen LogP contribution in [0.1, 0.15) is 6.92 Å². The summed E-state index contributed by atoms with van der Waals surface area (Å²) in [7, 11) is 1.59. The lowest BCUT2D eigenvalue weighted by Crippen LogP contribution is -3.13. The Labute approximate surface area is 157 Å². The molecule has 1 amide bonds. The van der Waals surface area contributed by atoms with Gasteiger partial charge in [0.15, 0.2) is 6.54 Å². The van der Waals surface area contributed by atoms with E-state index in [0.29, 0.717) is 24.6 Å². The lowest BCUT2D eigenvalue weighted by atomic mass is 10.3. The molecule has 0 aromatic heterocycles. The van der Waals surface area contributed by atoms with E-state index >= 15 is 0 Å². The van der Waals surface area contributed by atoms with E-state index in [9.17, 15) is 4.79 Å². The van der Waals surface area contributed by atoms with Crippen LogP contribution in [0.2, 0.25) is 0 Å². The number of hydrogen-bond donors (Lipinski definition) is 2. The van der Waals surface area contributed by atoms with Gasteiger partial charge in [0, 0.05) is 4.47 Å². The summed E-state index contributed by atoms with van der Waals surface area (Å²) in [5.74, 6) is 1.45. The van der Waals surface area contributed by atoms with Crippen LogP contribution in [0.25, 0.3) is 0 Å². The number of likely N-dealkylation sites (N-methyl/N-ethyl adjacent to an activating group) is 1. The summed E-state index contributed by atoms with van der Waals surface area (Å²) in [6.45, 7) is 4.62. The molecule has 0 spiro atoms. The number of methoxy groups -OCH3 is 1. The van der Waals surface area contributed by atoms with Gasteiger partial charge >= 0.3 is 0 Å². The highest BCUT2D eigenvalue weighted by molar-refractivity contribution is 9.10. The fourth-order valence-corrected chi connectivity index (χ4v) is 2.67. The van der Waals surface area contributed by atoms with Crippen LogP contribution in [0, 0.1) is 0 Å². The second-order valence-electron chi connectivity index (χ2n) is 5.58. The van der Waals surface area contributed by atoms with Crippen molar-refractivity contribution in [3.05, 3.63) is 53.0 Å². The first-order chi connectivity index (χ1) is 12.1. The van der Waals surface area contributed by atoms with E-state index < -0.39 is 0 Å². The molecule has 134 valence electrons. The van der Waals surface area contributed by atoms with Crippen molar-refractivity contribution >= 4 is 27.5 Å². The Hall–Kier alpha value is -2.05. The van der Waals surface area contributed by atoms with Crippen molar-refractivity contribution in [2.45, 2.75) is 6.92 Å². The molecular formula is C19H24BrN2O3+. The molecule has 0 heterocycles. The standard InChI is InChI=1S/C19H23BrN2O3/c1-3-22(12-13-25-16-10-8-15(20)9-11-16)14-19(23)21-17-6-4-5-7-18(17)24-2/h4-11H,3,12-14H2,1-2H3,(H,21,23)/p+1. The van der Waals surface area contributed by atoms with Crippen molar-refractivity contribution in [1.29, 1.82) is 0 Å². The minimum atomic E-state index is -0.0370. The number of nitrogens with one attached hydrogen (secondary N) is 2. The van der Waals surface area contributed by atoms with E-state index in [1.165, 1.54) is 0 Å². The van der Waals surface area contributed by atoms with Gasteiger partial charge in [-0.15, -0.1) is 0 Å². The van der Waals surface area contributed by atoms with Gasteiger partial charge in [-0.3, -0.25) is 4.79 Å². The zero-order chi connectivity index (χ0) is 18.1. The minimum absolute atomic E-state index is 0.0370. The fourth-order valence-electron chi connectivity index (χ4n) is 2.40. The van der Waals surface area contributed by atoms with Crippen molar-refractivity contribution < 1.29 is 19.2 Å². The van der Waals surface area contributed by atoms with E-state index in [-0.39, 0.29) is 5.91 Å². The molecular weight excluding hydrogens is 384 g/mol. The minimum Gasteiger partial charge on any atom is -0.495 e. The van der Waals surface area contributed by atoms with Gasteiger partial charge in [0.2, 0.25) is 0 Å². The largest absolute Gasteiger partial charge is 0.495 e. The first kappa shape index (κ1) is 19.3. The molecule has 2 N–H and O–H groups in total. The average molecular weight is 408 g/mol. The molecule has 0 saturated heterocycles. The smallest absolute Gasteiger partial charge is 0.279 e. The highest BCUT2D eigenvalue weighted by atomic mass is 79.9. The molecule has 0 saturated carbocycles. The molecule has 5 nitrogen and oxygen atoms in total. The van der Waals surface area contributed by atoms with Gasteiger partial charge < -0.3 is 19.7 Å². The van der Waals surface area contributed by atoms with Gasteiger partial charge in [-0.05, 0) is 43.3 Å². The molecule has 0 aliphatic rings. The van der Waals surface area contributed by atoms with E-state index in [4.69, 9.17) is 9.47 Å². The zero-order valence-electron chi connectivity index (χ0n) is 14.5. The number of carbonyl (C=O) groups is 1. The topological polar surface area (TPSA) is 52.0 Å². The summed E-state index contributed by atoms with van der Waals surface area (Å²) in [4.78, 5) is 13.4. The molecule has 2 rings (SSSR count). The van der Waals surface area contributed by atoms with E-state index in [1.54, 1.807) is 7.11 Å². The molecule has 1 unspecified atom stereocenters. The lowest BCUT2D eigenvalue weighted by Gasteiger charge is -2.18. The molecule has 6 heteroatoms. The third-order valence-corrected chi connectivity index (χ3v) is 4.36. The average Bonchev–Trinajstić information content (AvgIpc) is 2.63. The van der Waals surface area contributed by atoms with Crippen LogP contribution in [0.4, 0.5) is 5.69 Å². The molecule has 0 aliphatic heterocycles. The van der Waals surface area contributed by atoms with Gasteiger partial charge in [-0.2, -0.15) is 0 Å². The van der Waals surface area contributed by atoms with Crippen LogP contribution in [0.15, 0.2) is 53.0 Å². The summed E-state index contributed by atoms with van der Waals surface area (Å²) < 4.78 is 12.0. The number of anilines is 1. The highest BCUT2D eigenvalue weighted by Crippen LogP contribution is 2.22. The molecule has 0 radical (unpaired) electrons. The Balaban J connectivity index is 1.80. The number of hydrogen-bond acceptors (Lipinski definition) is 3. The predicted octanol–water partition coefficient (Wildman–Crippen LogP) is 2.38. The first-order valence-corrected chi connectivity index (χ1v) is 9.06. The number of quaternary nitrogens is 1. The Morgan fingerprint density at radius 2 is 1.88 bits per heavy atom. The fraction of sp³-hybridized carbons (Fsp3) is 0.316. The second-order valence-corrected chi connectivity index (χ2v) is 6.50. The summed E-state index contributed by atoms with van der Waals surface area (Å²) in [6, 6.07) is 15.1. The normalized spacial score (nSPS) is 11.6. The molecule has 0 bridgehead atoms. The lowest BCUT2D eigenvalue weighted by molar-refractivity contribution is -0.889. The number of amides is 1. The second kappa shape index (κ2) is 10.1. The van der Waals surface area contributed by atoms with Crippen LogP contribution >= 0.6 is 15.9 Å². The Bertz CT molecular complexity index is 677. The Morgan fingerprint density at radius 3 is 2.56 bits per heavy atom. The molecule has 2 aromatic carbocycles. The monoisotopic (exact) mass is 407 g/mol. The van der Waals surface area contributed by atoms with Gasteiger partial charge in [0.1, 0.15) is 24.7 Å². The van der Waals surface area contributed by atoms with Crippen molar-refractivity contribution in [3.8, 4) is 11.5 Å². The van der Waals surface area contributed by atoms with Gasteiger partial charge in [-0.1, -0.05) is 28.1 Å². The summed E-state index contributed by atoms with van der Waals surface area (Å²) in [6.07, 6.45) is 0.